The second-order valence-electron chi connectivity index (χ2n) is 5.98. The van der Waals surface area contributed by atoms with Crippen LogP contribution < -0.4 is 0 Å². The van der Waals surface area contributed by atoms with Gasteiger partial charge in [0.2, 0.25) is 0 Å². The lowest BCUT2D eigenvalue weighted by molar-refractivity contribution is -0.285. The Labute approximate surface area is 132 Å². The smallest absolute Gasteiger partial charge is 0.183 e. The summed E-state index contributed by atoms with van der Waals surface area (Å²) in [5, 5.41) is 76.7. The molecular weight excluding hydrogens is 316 g/mol. The van der Waals surface area contributed by atoms with Gasteiger partial charge in [0.15, 0.2) is 6.29 Å². The molecule has 10 nitrogen and oxygen atoms in total. The molecule has 10 atom stereocenters. The second-order valence-corrected chi connectivity index (χ2v) is 5.98. The SMILES string of the molecule is OC[C@H]1O[C@@H](CC[C@H]2OC(O)[C@H](O)[C@@H](O)[C@H]2O)[C@H](O)[C@@H](O)[C@@H]1O. The first-order valence-corrected chi connectivity index (χ1v) is 7.46. The van der Waals surface area contributed by atoms with Crippen molar-refractivity contribution >= 4 is 0 Å². The van der Waals surface area contributed by atoms with E-state index in [0.29, 0.717) is 0 Å². The van der Waals surface area contributed by atoms with E-state index in [2.05, 4.69) is 0 Å². The molecule has 2 rings (SSSR count). The minimum atomic E-state index is -1.66. The van der Waals surface area contributed by atoms with Crippen molar-refractivity contribution in [1.29, 1.82) is 0 Å². The molecule has 2 aliphatic heterocycles. The Morgan fingerprint density at radius 2 is 0.957 bits per heavy atom. The number of aliphatic hydroxyl groups excluding tert-OH is 8. The van der Waals surface area contributed by atoms with Crippen LogP contribution in [-0.4, -0.2) is 109 Å². The van der Waals surface area contributed by atoms with Crippen molar-refractivity contribution in [2.45, 2.75) is 74.1 Å². The van der Waals surface area contributed by atoms with E-state index in [4.69, 9.17) is 14.6 Å². The second kappa shape index (κ2) is 7.66. The van der Waals surface area contributed by atoms with Crippen LogP contribution in [0, 0.1) is 0 Å². The molecule has 0 aliphatic carbocycles. The predicted molar refractivity (Wildman–Crippen MR) is 71.9 cm³/mol. The van der Waals surface area contributed by atoms with E-state index in [1.54, 1.807) is 0 Å². The molecule has 0 amide bonds. The topological polar surface area (TPSA) is 180 Å². The average molecular weight is 340 g/mol. The number of hydrogen-bond acceptors (Lipinski definition) is 10. The molecule has 0 radical (unpaired) electrons. The first-order chi connectivity index (χ1) is 10.8. The number of ether oxygens (including phenoxy) is 2. The molecule has 8 N–H and O–H groups in total. The van der Waals surface area contributed by atoms with Gasteiger partial charge in [0.05, 0.1) is 18.8 Å². The van der Waals surface area contributed by atoms with Gasteiger partial charge in [0.25, 0.3) is 0 Å². The van der Waals surface area contributed by atoms with E-state index in [-0.39, 0.29) is 12.8 Å². The molecule has 0 aromatic heterocycles. The maximum absolute atomic E-state index is 9.90. The molecule has 10 heteroatoms. The van der Waals surface area contributed by atoms with Crippen LogP contribution in [-0.2, 0) is 9.47 Å². The third-order valence-electron chi connectivity index (χ3n) is 4.41. The Kier molecular flexibility index (Phi) is 6.30. The maximum atomic E-state index is 9.90. The molecule has 0 aromatic carbocycles. The summed E-state index contributed by atoms with van der Waals surface area (Å²) in [5.41, 5.74) is 0. The van der Waals surface area contributed by atoms with Gasteiger partial charge in [0, 0.05) is 0 Å². The van der Waals surface area contributed by atoms with Crippen molar-refractivity contribution in [3.05, 3.63) is 0 Å². The van der Waals surface area contributed by atoms with Gasteiger partial charge in [-0.15, -0.1) is 0 Å². The van der Waals surface area contributed by atoms with E-state index >= 15 is 0 Å². The highest BCUT2D eigenvalue weighted by Gasteiger charge is 2.46. The lowest BCUT2D eigenvalue weighted by Gasteiger charge is -2.42. The van der Waals surface area contributed by atoms with Crippen molar-refractivity contribution < 1.29 is 50.3 Å². The van der Waals surface area contributed by atoms with Gasteiger partial charge < -0.3 is 50.3 Å². The van der Waals surface area contributed by atoms with Crippen molar-refractivity contribution in [3.63, 3.8) is 0 Å². The van der Waals surface area contributed by atoms with E-state index in [1.807, 2.05) is 0 Å². The first kappa shape index (κ1) is 18.9. The Hall–Kier alpha value is -0.400. The third-order valence-corrected chi connectivity index (χ3v) is 4.41. The van der Waals surface area contributed by atoms with E-state index in [9.17, 15) is 35.7 Å². The summed E-state index contributed by atoms with van der Waals surface area (Å²) in [6.45, 7) is -0.548. The zero-order chi connectivity index (χ0) is 17.3. The van der Waals surface area contributed by atoms with E-state index in [0.717, 1.165) is 0 Å². The summed E-state index contributed by atoms with van der Waals surface area (Å²) >= 11 is 0. The fraction of sp³-hybridized carbons (Fsp3) is 1.00. The maximum Gasteiger partial charge on any atom is 0.183 e. The highest BCUT2D eigenvalue weighted by Crippen LogP contribution is 2.28. The molecule has 136 valence electrons. The monoisotopic (exact) mass is 340 g/mol. The van der Waals surface area contributed by atoms with E-state index < -0.39 is 67.8 Å². The van der Waals surface area contributed by atoms with Gasteiger partial charge in [0.1, 0.15) is 42.7 Å². The minimum absolute atomic E-state index is 0.0324. The number of hydrogen-bond donors (Lipinski definition) is 8. The summed E-state index contributed by atoms with van der Waals surface area (Å²) in [6, 6.07) is 0. The molecule has 0 aromatic rings. The molecule has 2 aliphatic rings. The predicted octanol–water partition coefficient (Wildman–Crippen LogP) is -4.59. The number of aliphatic hydroxyl groups is 8. The summed E-state index contributed by atoms with van der Waals surface area (Å²) < 4.78 is 10.3. The quantitative estimate of drug-likeness (QED) is 0.248. The van der Waals surface area contributed by atoms with Crippen LogP contribution in [0.4, 0.5) is 0 Å². The van der Waals surface area contributed by atoms with Crippen LogP contribution in [0.25, 0.3) is 0 Å². The molecule has 2 fully saturated rings. The van der Waals surface area contributed by atoms with Crippen molar-refractivity contribution in [1.82, 2.24) is 0 Å². The standard InChI is InChI=1S/C13H24O10/c14-3-6-9(17)10(18)7(15)4(22-6)1-2-5-8(16)11(19)12(20)13(21)23-5/h4-21H,1-3H2/t4-,5+,6+,7-,8-,9+,10+,11-,12+,13?/m0/s1. The Bertz CT molecular complexity index is 380. The fourth-order valence-corrected chi connectivity index (χ4v) is 2.92. The van der Waals surface area contributed by atoms with Crippen molar-refractivity contribution in [2.24, 2.45) is 0 Å². The summed E-state index contributed by atoms with van der Waals surface area (Å²) in [5.74, 6) is 0. The van der Waals surface area contributed by atoms with Crippen molar-refractivity contribution in [2.75, 3.05) is 6.61 Å². The van der Waals surface area contributed by atoms with Crippen LogP contribution in [0.15, 0.2) is 0 Å². The van der Waals surface area contributed by atoms with Gasteiger partial charge in [-0.2, -0.15) is 0 Å². The van der Waals surface area contributed by atoms with Gasteiger partial charge in [-0.05, 0) is 12.8 Å². The zero-order valence-electron chi connectivity index (χ0n) is 12.3. The third kappa shape index (κ3) is 3.82. The minimum Gasteiger partial charge on any atom is -0.394 e. The normalized spacial score (nSPS) is 51.7. The molecule has 2 heterocycles. The van der Waals surface area contributed by atoms with Crippen LogP contribution in [0.1, 0.15) is 12.8 Å². The largest absolute Gasteiger partial charge is 0.394 e. The lowest BCUT2D eigenvalue weighted by atomic mass is 9.90. The molecule has 0 spiro atoms. The van der Waals surface area contributed by atoms with Crippen LogP contribution >= 0.6 is 0 Å². The molecule has 23 heavy (non-hydrogen) atoms. The van der Waals surface area contributed by atoms with Crippen LogP contribution in [0.2, 0.25) is 0 Å². The Morgan fingerprint density at radius 1 is 0.522 bits per heavy atom. The Morgan fingerprint density at radius 3 is 1.48 bits per heavy atom. The molecular formula is C13H24O10. The van der Waals surface area contributed by atoms with Gasteiger partial charge in [-0.3, -0.25) is 0 Å². The van der Waals surface area contributed by atoms with Crippen molar-refractivity contribution in [3.8, 4) is 0 Å². The molecule has 0 bridgehead atoms. The van der Waals surface area contributed by atoms with E-state index in [1.165, 1.54) is 0 Å². The van der Waals surface area contributed by atoms with Gasteiger partial charge in [-0.25, -0.2) is 0 Å². The highest BCUT2D eigenvalue weighted by atomic mass is 16.6. The summed E-state index contributed by atoms with van der Waals surface area (Å²) in [7, 11) is 0. The molecule has 1 unspecified atom stereocenters. The van der Waals surface area contributed by atoms with Crippen LogP contribution in [0.5, 0.6) is 0 Å². The zero-order valence-corrected chi connectivity index (χ0v) is 12.3. The first-order valence-electron chi connectivity index (χ1n) is 7.46. The molecule has 0 saturated carbocycles. The average Bonchev–Trinajstić information content (AvgIpc) is 2.54. The van der Waals surface area contributed by atoms with Gasteiger partial charge in [-0.1, -0.05) is 0 Å². The summed E-state index contributed by atoms with van der Waals surface area (Å²) in [6.07, 6.45) is -13.6. The highest BCUT2D eigenvalue weighted by molar-refractivity contribution is 4.94. The summed E-state index contributed by atoms with van der Waals surface area (Å²) in [4.78, 5) is 0. The van der Waals surface area contributed by atoms with Gasteiger partial charge >= 0.3 is 0 Å². The fourth-order valence-electron chi connectivity index (χ4n) is 2.92. The van der Waals surface area contributed by atoms with Crippen LogP contribution in [0.3, 0.4) is 0 Å². The Balaban J connectivity index is 1.94. The lowest BCUT2D eigenvalue weighted by Crippen LogP contribution is -2.59. The number of rotatable bonds is 4. The molecule has 2 saturated heterocycles.